The molecule has 2 fully saturated rings. The molecule has 2 heterocycles. The summed E-state index contributed by atoms with van der Waals surface area (Å²) in [7, 11) is -1.69. The summed E-state index contributed by atoms with van der Waals surface area (Å²) < 4.78 is 18.2. The second kappa shape index (κ2) is 9.92. The monoisotopic (exact) mass is 513 g/mol. The lowest BCUT2D eigenvalue weighted by atomic mass is 9.77. The molecular weight excluding hydrogens is 466 g/mol. The summed E-state index contributed by atoms with van der Waals surface area (Å²) in [5.74, 6) is -0.767. The highest BCUT2D eigenvalue weighted by atomic mass is 28.3. The van der Waals surface area contributed by atoms with Crippen LogP contribution in [0.15, 0.2) is 0 Å². The lowest BCUT2D eigenvalue weighted by Gasteiger charge is -2.44. The standard InChI is InChI=1S/C25H47N3O6Si/c1-22(2,3)17-13-25(34-35(10)11,28(15-17)21(31)33-24(7,8)9)16-12-18(19(26)29)27(14-16)20(30)32-23(4,5)6/h16-18,35H,12-15H2,1-11H3,(H2,26,29)/t16?,17-,18?,25-/m0/s1. The maximum absolute atomic E-state index is 13.5. The minimum absolute atomic E-state index is 0.0869. The zero-order valence-electron chi connectivity index (χ0n) is 23.6. The van der Waals surface area contributed by atoms with E-state index in [9.17, 15) is 14.4 Å². The number of amides is 3. The summed E-state index contributed by atoms with van der Waals surface area (Å²) >= 11 is 0. The van der Waals surface area contributed by atoms with Gasteiger partial charge in [0.2, 0.25) is 5.91 Å². The van der Waals surface area contributed by atoms with Gasteiger partial charge in [-0.15, -0.1) is 0 Å². The molecule has 2 saturated heterocycles. The van der Waals surface area contributed by atoms with Gasteiger partial charge in [0.1, 0.15) is 23.0 Å². The molecular formula is C25H47N3O6Si. The van der Waals surface area contributed by atoms with E-state index in [2.05, 4.69) is 33.9 Å². The van der Waals surface area contributed by atoms with E-state index in [0.29, 0.717) is 19.4 Å². The van der Waals surface area contributed by atoms with E-state index in [1.165, 1.54) is 4.90 Å². The Bertz CT molecular complexity index is 813. The van der Waals surface area contributed by atoms with E-state index in [1.54, 1.807) is 25.7 Å². The van der Waals surface area contributed by atoms with Gasteiger partial charge in [0, 0.05) is 19.0 Å². The van der Waals surface area contributed by atoms with Crippen LogP contribution in [-0.2, 0) is 18.7 Å². The molecule has 9 nitrogen and oxygen atoms in total. The fourth-order valence-corrected chi connectivity index (χ4v) is 6.22. The maximum atomic E-state index is 13.5. The summed E-state index contributed by atoms with van der Waals surface area (Å²) in [5.41, 5.74) is 3.27. The zero-order valence-corrected chi connectivity index (χ0v) is 24.7. The molecule has 0 aliphatic carbocycles. The SMILES string of the molecule is C[SiH](C)O[C@]1(C2CC(C(N)=O)N(C(=O)OC(C)(C)C)C2)C[C@H](C(C)(C)C)CN1C(=O)OC(C)(C)C. The number of hydrogen-bond acceptors (Lipinski definition) is 6. The van der Waals surface area contributed by atoms with Crippen LogP contribution in [0.25, 0.3) is 0 Å². The topological polar surface area (TPSA) is 111 Å². The first kappa shape index (κ1) is 29.4. The van der Waals surface area contributed by atoms with Gasteiger partial charge in [-0.3, -0.25) is 14.6 Å². The van der Waals surface area contributed by atoms with Crippen LogP contribution >= 0.6 is 0 Å². The molecule has 202 valence electrons. The summed E-state index contributed by atoms with van der Waals surface area (Å²) in [4.78, 5) is 42.2. The fourth-order valence-electron chi connectivity index (χ4n) is 4.99. The number of rotatable bonds is 4. The predicted octanol–water partition coefficient (Wildman–Crippen LogP) is 4.10. The van der Waals surface area contributed by atoms with Crippen molar-refractivity contribution in [2.45, 2.75) is 111 Å². The van der Waals surface area contributed by atoms with Gasteiger partial charge >= 0.3 is 12.2 Å². The van der Waals surface area contributed by atoms with Gasteiger partial charge in [-0.25, -0.2) is 9.59 Å². The largest absolute Gasteiger partial charge is 0.444 e. The first-order valence-corrected chi connectivity index (χ1v) is 15.4. The molecule has 0 aromatic rings. The highest BCUT2D eigenvalue weighted by Gasteiger charge is 2.60. The van der Waals surface area contributed by atoms with E-state index in [0.717, 1.165) is 0 Å². The van der Waals surface area contributed by atoms with Gasteiger partial charge in [0.15, 0.2) is 9.04 Å². The van der Waals surface area contributed by atoms with Crippen molar-refractivity contribution in [1.29, 1.82) is 0 Å². The van der Waals surface area contributed by atoms with Crippen molar-refractivity contribution in [3.05, 3.63) is 0 Å². The van der Waals surface area contributed by atoms with E-state index in [1.807, 2.05) is 20.8 Å². The normalized spacial score (nSPS) is 27.9. The number of nitrogens with two attached hydrogens (primary N) is 1. The molecule has 0 spiro atoms. The van der Waals surface area contributed by atoms with Crippen LogP contribution in [0.3, 0.4) is 0 Å². The number of nitrogens with zero attached hydrogens (tertiary/aromatic N) is 2. The molecule has 35 heavy (non-hydrogen) atoms. The van der Waals surface area contributed by atoms with Crippen molar-refractivity contribution < 1.29 is 28.3 Å². The Hall–Kier alpha value is -1.81. The molecule has 0 saturated carbocycles. The molecule has 3 amide bonds. The minimum Gasteiger partial charge on any atom is -0.444 e. The van der Waals surface area contributed by atoms with Crippen LogP contribution in [0.5, 0.6) is 0 Å². The second-order valence-corrected chi connectivity index (χ2v) is 15.7. The van der Waals surface area contributed by atoms with Crippen LogP contribution in [-0.4, -0.2) is 73.0 Å². The van der Waals surface area contributed by atoms with Crippen molar-refractivity contribution in [3.8, 4) is 0 Å². The fraction of sp³-hybridized carbons (Fsp3) is 0.880. The summed E-state index contributed by atoms with van der Waals surface area (Å²) in [6.07, 6.45) is -0.134. The summed E-state index contributed by atoms with van der Waals surface area (Å²) in [6.45, 7) is 22.1. The highest BCUT2D eigenvalue weighted by Crippen LogP contribution is 2.50. The molecule has 2 unspecified atom stereocenters. The first-order chi connectivity index (χ1) is 15.7. The van der Waals surface area contributed by atoms with Gasteiger partial charge in [0.05, 0.1) is 0 Å². The number of carbonyl (C=O) groups excluding carboxylic acids is 3. The Morgan fingerprint density at radius 1 is 0.886 bits per heavy atom. The average molecular weight is 514 g/mol. The predicted molar refractivity (Wildman–Crippen MR) is 137 cm³/mol. The zero-order chi connectivity index (χ0) is 27.1. The Morgan fingerprint density at radius 2 is 1.40 bits per heavy atom. The third kappa shape index (κ3) is 7.12. The molecule has 0 bridgehead atoms. The molecule has 10 heteroatoms. The van der Waals surface area contributed by atoms with E-state index in [-0.39, 0.29) is 23.8 Å². The quantitative estimate of drug-likeness (QED) is 0.567. The third-order valence-corrected chi connectivity index (χ3v) is 7.45. The van der Waals surface area contributed by atoms with Crippen LogP contribution in [0.2, 0.25) is 13.1 Å². The molecule has 0 radical (unpaired) electrons. The molecule has 4 atom stereocenters. The van der Waals surface area contributed by atoms with Crippen LogP contribution in [0.4, 0.5) is 9.59 Å². The van der Waals surface area contributed by atoms with E-state index >= 15 is 0 Å². The lowest BCUT2D eigenvalue weighted by molar-refractivity contribution is -0.122. The van der Waals surface area contributed by atoms with Gasteiger partial charge < -0.3 is 19.6 Å². The Balaban J connectivity index is 2.55. The van der Waals surface area contributed by atoms with E-state index in [4.69, 9.17) is 19.6 Å². The van der Waals surface area contributed by atoms with Gasteiger partial charge in [-0.05, 0) is 78.8 Å². The van der Waals surface area contributed by atoms with Crippen LogP contribution in [0, 0.1) is 17.3 Å². The van der Waals surface area contributed by atoms with Crippen molar-refractivity contribution >= 4 is 27.1 Å². The summed E-state index contributed by atoms with van der Waals surface area (Å²) in [6, 6.07) is -0.835. The number of ether oxygens (including phenoxy) is 2. The third-order valence-electron chi connectivity index (χ3n) is 6.57. The number of primary amides is 1. The summed E-state index contributed by atoms with van der Waals surface area (Å²) in [5, 5.41) is 0. The smallest absolute Gasteiger partial charge is 0.412 e. The van der Waals surface area contributed by atoms with Gasteiger partial charge in [0.25, 0.3) is 0 Å². The second-order valence-electron chi connectivity index (χ2n) is 13.4. The number of carbonyl (C=O) groups is 3. The lowest BCUT2D eigenvalue weighted by Crippen LogP contribution is -2.57. The van der Waals surface area contributed by atoms with Crippen LogP contribution in [0.1, 0.15) is 75.2 Å². The Kier molecular flexibility index (Phi) is 8.33. The molecule has 2 aliphatic rings. The molecule has 2 N–H and O–H groups in total. The van der Waals surface area contributed by atoms with Crippen molar-refractivity contribution in [3.63, 3.8) is 0 Å². The maximum Gasteiger partial charge on any atom is 0.412 e. The van der Waals surface area contributed by atoms with Crippen LogP contribution < -0.4 is 5.73 Å². The Labute approximate surface area is 212 Å². The van der Waals surface area contributed by atoms with Gasteiger partial charge in [-0.2, -0.15) is 0 Å². The highest BCUT2D eigenvalue weighted by molar-refractivity contribution is 6.48. The number of likely N-dealkylation sites (tertiary alicyclic amines) is 2. The van der Waals surface area contributed by atoms with E-state index < -0.39 is 50.1 Å². The minimum atomic E-state index is -1.69. The van der Waals surface area contributed by atoms with Gasteiger partial charge in [-0.1, -0.05) is 20.8 Å². The molecule has 0 aromatic heterocycles. The van der Waals surface area contributed by atoms with Crippen molar-refractivity contribution in [1.82, 2.24) is 9.80 Å². The average Bonchev–Trinajstić information content (AvgIpc) is 3.20. The first-order valence-electron chi connectivity index (χ1n) is 12.6. The molecule has 2 rings (SSSR count). The van der Waals surface area contributed by atoms with Crippen molar-refractivity contribution in [2.75, 3.05) is 13.1 Å². The molecule has 2 aliphatic heterocycles. The number of hydrogen-bond donors (Lipinski definition) is 1. The molecule has 0 aromatic carbocycles. The Morgan fingerprint density at radius 3 is 1.83 bits per heavy atom. The van der Waals surface area contributed by atoms with Crippen molar-refractivity contribution in [2.24, 2.45) is 23.0 Å².